The van der Waals surface area contributed by atoms with Crippen LogP contribution in [0.1, 0.15) is 12.2 Å². The summed E-state index contributed by atoms with van der Waals surface area (Å²) in [6.45, 7) is 0.676. The van der Waals surface area contributed by atoms with Crippen molar-refractivity contribution in [1.82, 2.24) is 25.0 Å². The Bertz CT molecular complexity index is 564. The van der Waals surface area contributed by atoms with Crippen LogP contribution in [0.4, 0.5) is 5.69 Å². The second-order valence-corrected chi connectivity index (χ2v) is 4.14. The number of aromatic nitrogens is 5. The minimum atomic E-state index is -0.308. The molecule has 0 radical (unpaired) electrons. The maximum absolute atomic E-state index is 11.5. The number of nitrogens with zero attached hydrogens (tertiary/aromatic N) is 4. The Morgan fingerprint density at radius 2 is 2.39 bits per heavy atom. The molecule has 0 atom stereocenters. The van der Waals surface area contributed by atoms with Gasteiger partial charge >= 0.3 is 0 Å². The highest BCUT2D eigenvalue weighted by Crippen LogP contribution is 2.14. The fourth-order valence-electron chi connectivity index (χ4n) is 1.46. The minimum absolute atomic E-state index is 0.159. The monoisotopic (exact) mass is 268 g/mol. The van der Waals surface area contributed by atoms with Gasteiger partial charge in [-0.1, -0.05) is 11.6 Å². The van der Waals surface area contributed by atoms with Crippen molar-refractivity contribution in [1.29, 1.82) is 0 Å². The Hall–Kier alpha value is -1.89. The van der Waals surface area contributed by atoms with Crippen molar-refractivity contribution < 1.29 is 0 Å². The average Bonchev–Trinajstić information content (AvgIpc) is 2.87. The summed E-state index contributed by atoms with van der Waals surface area (Å²) in [6, 6.07) is 0. The number of hydrogen-bond acceptors (Lipinski definition) is 5. The van der Waals surface area contributed by atoms with Gasteiger partial charge < -0.3 is 5.32 Å². The van der Waals surface area contributed by atoms with Crippen molar-refractivity contribution in [3.05, 3.63) is 33.7 Å². The summed E-state index contributed by atoms with van der Waals surface area (Å²) in [5, 5.41) is 13.7. The van der Waals surface area contributed by atoms with E-state index in [0.717, 1.165) is 18.7 Å². The van der Waals surface area contributed by atoms with E-state index in [4.69, 9.17) is 11.6 Å². The molecule has 0 spiro atoms. The number of aryl methyl sites for hydroxylation is 2. The third kappa shape index (κ3) is 2.86. The van der Waals surface area contributed by atoms with Crippen molar-refractivity contribution in [2.45, 2.75) is 12.8 Å². The Morgan fingerprint density at radius 1 is 1.56 bits per heavy atom. The quantitative estimate of drug-likeness (QED) is 0.775. The maximum Gasteiger partial charge on any atom is 0.287 e. The molecule has 96 valence electrons. The number of hydrogen-bond donors (Lipinski definition) is 2. The molecule has 0 amide bonds. The highest BCUT2D eigenvalue weighted by atomic mass is 35.5. The molecule has 2 aromatic rings. The number of aromatic amines is 1. The second kappa shape index (κ2) is 5.63. The number of rotatable bonds is 5. The summed E-state index contributed by atoms with van der Waals surface area (Å²) >= 11 is 5.91. The van der Waals surface area contributed by atoms with E-state index in [1.54, 1.807) is 7.05 Å². The normalized spacial score (nSPS) is 10.6. The molecular formula is C10H13ClN6O. The third-order valence-corrected chi connectivity index (χ3v) is 2.81. The van der Waals surface area contributed by atoms with Gasteiger partial charge in [-0.05, 0) is 6.42 Å². The van der Waals surface area contributed by atoms with E-state index in [0.29, 0.717) is 12.2 Å². The lowest BCUT2D eigenvalue weighted by Gasteiger charge is -2.07. The Labute approximate surface area is 108 Å². The summed E-state index contributed by atoms with van der Waals surface area (Å²) < 4.78 is 1.20. The van der Waals surface area contributed by atoms with Crippen LogP contribution in [0.3, 0.4) is 0 Å². The first kappa shape index (κ1) is 12.6. The summed E-state index contributed by atoms with van der Waals surface area (Å²) in [5.74, 6) is 0.838. The molecule has 0 bridgehead atoms. The van der Waals surface area contributed by atoms with Crippen LogP contribution in [0.2, 0.25) is 5.02 Å². The van der Waals surface area contributed by atoms with Gasteiger partial charge in [0.1, 0.15) is 17.2 Å². The minimum Gasteiger partial charge on any atom is -0.382 e. The lowest BCUT2D eigenvalue weighted by Crippen LogP contribution is -2.21. The summed E-state index contributed by atoms with van der Waals surface area (Å²) in [6.07, 6.45) is 4.65. The molecule has 0 aliphatic carbocycles. The van der Waals surface area contributed by atoms with Gasteiger partial charge in [0.05, 0.1) is 11.9 Å². The van der Waals surface area contributed by atoms with Crippen LogP contribution >= 0.6 is 11.6 Å². The average molecular weight is 269 g/mol. The Balaban J connectivity index is 1.87. The molecule has 0 aliphatic heterocycles. The van der Waals surface area contributed by atoms with Crippen molar-refractivity contribution in [2.24, 2.45) is 7.05 Å². The van der Waals surface area contributed by atoms with Gasteiger partial charge in [-0.15, -0.1) is 0 Å². The van der Waals surface area contributed by atoms with Crippen LogP contribution in [-0.2, 0) is 13.5 Å². The zero-order valence-electron chi connectivity index (χ0n) is 9.85. The van der Waals surface area contributed by atoms with Crippen molar-refractivity contribution in [3.63, 3.8) is 0 Å². The van der Waals surface area contributed by atoms with E-state index in [-0.39, 0.29) is 10.6 Å². The van der Waals surface area contributed by atoms with Gasteiger partial charge in [0.15, 0.2) is 0 Å². The molecule has 0 fully saturated rings. The number of anilines is 1. The Morgan fingerprint density at radius 3 is 3.11 bits per heavy atom. The second-order valence-electron chi connectivity index (χ2n) is 3.76. The summed E-state index contributed by atoms with van der Waals surface area (Å²) in [7, 11) is 1.56. The molecule has 2 aromatic heterocycles. The van der Waals surface area contributed by atoms with Crippen LogP contribution < -0.4 is 10.9 Å². The molecule has 0 aliphatic rings. The van der Waals surface area contributed by atoms with E-state index in [1.807, 2.05) is 0 Å². The molecule has 0 unspecified atom stereocenters. The van der Waals surface area contributed by atoms with E-state index >= 15 is 0 Å². The topological polar surface area (TPSA) is 88.5 Å². The SMILES string of the molecule is Cn1ncc(NCCCc2ncn[nH]2)c(Cl)c1=O. The number of nitrogens with one attached hydrogen (secondary N) is 2. The zero-order chi connectivity index (χ0) is 13.0. The number of halogens is 1. The van der Waals surface area contributed by atoms with Crippen LogP contribution in [0.25, 0.3) is 0 Å². The summed E-state index contributed by atoms with van der Waals surface area (Å²) in [4.78, 5) is 15.5. The van der Waals surface area contributed by atoms with Crippen molar-refractivity contribution in [3.8, 4) is 0 Å². The molecule has 0 saturated heterocycles. The molecular weight excluding hydrogens is 256 g/mol. The molecule has 0 aromatic carbocycles. The Kier molecular flexibility index (Phi) is 3.93. The van der Waals surface area contributed by atoms with Gasteiger partial charge in [0, 0.05) is 20.0 Å². The smallest absolute Gasteiger partial charge is 0.287 e. The molecule has 18 heavy (non-hydrogen) atoms. The predicted molar refractivity (Wildman–Crippen MR) is 67.7 cm³/mol. The predicted octanol–water partition coefficient (Wildman–Crippen LogP) is 0.597. The standard InChI is InChI=1S/C10H13ClN6O/c1-17-10(18)9(11)7(5-15-17)12-4-2-3-8-13-6-14-16-8/h5-6,12H,2-4H2,1H3,(H,13,14,16). The van der Waals surface area contributed by atoms with Gasteiger partial charge in [0.25, 0.3) is 5.56 Å². The van der Waals surface area contributed by atoms with Crippen LogP contribution in [0.5, 0.6) is 0 Å². The van der Waals surface area contributed by atoms with Crippen molar-refractivity contribution in [2.75, 3.05) is 11.9 Å². The molecule has 2 N–H and O–H groups in total. The van der Waals surface area contributed by atoms with Gasteiger partial charge in [-0.2, -0.15) is 10.2 Å². The number of H-pyrrole nitrogens is 1. The first-order chi connectivity index (χ1) is 8.68. The van der Waals surface area contributed by atoms with Crippen LogP contribution in [-0.4, -0.2) is 31.5 Å². The van der Waals surface area contributed by atoms with Gasteiger partial charge in [0.2, 0.25) is 0 Å². The van der Waals surface area contributed by atoms with E-state index in [2.05, 4.69) is 25.6 Å². The fraction of sp³-hybridized carbons (Fsp3) is 0.400. The maximum atomic E-state index is 11.5. The van der Waals surface area contributed by atoms with Gasteiger partial charge in [-0.3, -0.25) is 9.89 Å². The molecule has 7 nitrogen and oxygen atoms in total. The first-order valence-electron chi connectivity index (χ1n) is 5.48. The van der Waals surface area contributed by atoms with E-state index in [9.17, 15) is 4.79 Å². The fourth-order valence-corrected chi connectivity index (χ4v) is 1.70. The first-order valence-corrected chi connectivity index (χ1v) is 5.86. The molecule has 8 heteroatoms. The van der Waals surface area contributed by atoms with Gasteiger partial charge in [-0.25, -0.2) is 9.67 Å². The van der Waals surface area contributed by atoms with E-state index < -0.39 is 0 Å². The summed E-state index contributed by atoms with van der Waals surface area (Å²) in [5.41, 5.74) is 0.245. The lowest BCUT2D eigenvalue weighted by molar-refractivity contribution is 0.707. The van der Waals surface area contributed by atoms with E-state index in [1.165, 1.54) is 17.2 Å². The van der Waals surface area contributed by atoms with Crippen molar-refractivity contribution >= 4 is 17.3 Å². The lowest BCUT2D eigenvalue weighted by atomic mass is 10.3. The van der Waals surface area contributed by atoms with Crippen LogP contribution in [0, 0.1) is 0 Å². The molecule has 2 rings (SSSR count). The highest BCUT2D eigenvalue weighted by Gasteiger charge is 2.06. The zero-order valence-corrected chi connectivity index (χ0v) is 10.6. The third-order valence-electron chi connectivity index (χ3n) is 2.45. The largest absolute Gasteiger partial charge is 0.382 e. The molecule has 2 heterocycles. The molecule has 0 saturated carbocycles. The highest BCUT2D eigenvalue weighted by molar-refractivity contribution is 6.32. The van der Waals surface area contributed by atoms with Crippen LogP contribution in [0.15, 0.2) is 17.3 Å².